The Bertz CT molecular complexity index is 2400. The van der Waals surface area contributed by atoms with Gasteiger partial charge in [0.1, 0.15) is 0 Å². The second-order valence-electron chi connectivity index (χ2n) is 10.6. The number of rotatable bonds is 3. The zero-order valence-corrected chi connectivity index (χ0v) is 27.1. The number of pyridine rings is 3. The van der Waals surface area contributed by atoms with Gasteiger partial charge >= 0.3 is 0 Å². The van der Waals surface area contributed by atoms with Crippen molar-refractivity contribution in [1.82, 2.24) is 24.5 Å². The smallest absolute Gasteiger partial charge is 0.216 e. The molecule has 0 saturated heterocycles. The Kier molecular flexibility index (Phi) is 7.93. The average molecular weight is 772 g/mol. The maximum Gasteiger partial charge on any atom is 0.216 e. The number of furan rings is 1. The number of nitrogens with zero attached hydrogens (tertiary/aromatic N) is 5. The summed E-state index contributed by atoms with van der Waals surface area (Å²) in [6.07, 6.45) is 3.63. The van der Waals surface area contributed by atoms with Gasteiger partial charge in [0.05, 0.1) is 34.2 Å². The molecule has 9 rings (SSSR count). The summed E-state index contributed by atoms with van der Waals surface area (Å²) in [4.78, 5) is 18.5. The first-order valence-corrected chi connectivity index (χ1v) is 14.7. The van der Waals surface area contributed by atoms with E-state index in [0.29, 0.717) is 5.71 Å². The first-order chi connectivity index (χ1) is 22.2. The van der Waals surface area contributed by atoms with Crippen molar-refractivity contribution < 1.29 is 24.5 Å². The van der Waals surface area contributed by atoms with Crippen LogP contribution in [0.5, 0.6) is 0 Å². The quantitative estimate of drug-likeness (QED) is 0.168. The van der Waals surface area contributed by atoms with E-state index in [-0.39, 0.29) is 20.1 Å². The summed E-state index contributed by atoms with van der Waals surface area (Å²) in [5.74, 6) is 0.760. The van der Waals surface area contributed by atoms with Gasteiger partial charge in [0.25, 0.3) is 0 Å². The van der Waals surface area contributed by atoms with Crippen molar-refractivity contribution in [2.45, 2.75) is 6.92 Å². The van der Waals surface area contributed by atoms with Crippen LogP contribution in [0.15, 0.2) is 138 Å². The molecule has 9 aromatic rings. The number of hydrogen-bond acceptors (Lipinski definition) is 5. The minimum Gasteiger partial charge on any atom is -0.486 e. The van der Waals surface area contributed by atoms with Crippen molar-refractivity contribution in [3.63, 3.8) is 0 Å². The van der Waals surface area contributed by atoms with Gasteiger partial charge in [-0.1, -0.05) is 59.5 Å². The second kappa shape index (κ2) is 12.5. The molecule has 0 amide bonds. The van der Waals surface area contributed by atoms with Gasteiger partial charge in [0.2, 0.25) is 5.71 Å². The van der Waals surface area contributed by atoms with Gasteiger partial charge in [-0.3, -0.25) is 9.97 Å². The van der Waals surface area contributed by atoms with Gasteiger partial charge in [-0.2, -0.15) is 0 Å². The zero-order valence-electron chi connectivity index (χ0n) is 24.7. The molecule has 0 aliphatic heterocycles. The SMILES string of the molecule is Cc1ccc2c(n1)oc1c(-c3nc4cnc5ccccc5c4n3-c3ccccc3)[c-]ccc12.[Ir].[c-]1ccccc1-c1ccccn1. The molecule has 4 aromatic carbocycles. The van der Waals surface area contributed by atoms with E-state index in [4.69, 9.17) is 9.40 Å². The molecule has 5 heterocycles. The topological polar surface area (TPSA) is 69.6 Å². The third-order valence-electron chi connectivity index (χ3n) is 7.72. The van der Waals surface area contributed by atoms with Crippen LogP contribution in [0.4, 0.5) is 0 Å². The largest absolute Gasteiger partial charge is 0.486 e. The van der Waals surface area contributed by atoms with Crippen LogP contribution in [0.3, 0.4) is 0 Å². The summed E-state index contributed by atoms with van der Waals surface area (Å²) in [7, 11) is 0. The molecule has 0 fully saturated rings. The molecule has 0 saturated carbocycles. The Hall–Kier alpha value is -5.49. The Morgan fingerprint density at radius 2 is 1.48 bits per heavy atom. The number of aromatic nitrogens is 5. The van der Waals surface area contributed by atoms with Crippen LogP contribution in [0.25, 0.3) is 72.3 Å². The van der Waals surface area contributed by atoms with Gasteiger partial charge in [-0.15, -0.1) is 54.1 Å². The van der Waals surface area contributed by atoms with Gasteiger partial charge in [-0.25, -0.2) is 4.98 Å². The molecule has 0 aliphatic rings. The third-order valence-corrected chi connectivity index (χ3v) is 7.72. The molecule has 1 radical (unpaired) electrons. The fourth-order valence-corrected chi connectivity index (χ4v) is 5.65. The molecule has 5 aromatic heterocycles. The van der Waals surface area contributed by atoms with Gasteiger partial charge in [-0.05, 0) is 49.0 Å². The molecule has 0 unspecified atom stereocenters. The number of aryl methyl sites for hydroxylation is 1. The molecule has 223 valence electrons. The molecule has 0 atom stereocenters. The fourth-order valence-electron chi connectivity index (χ4n) is 5.65. The van der Waals surface area contributed by atoms with Crippen LogP contribution in [0.2, 0.25) is 0 Å². The van der Waals surface area contributed by atoms with Crippen LogP contribution in [-0.4, -0.2) is 24.5 Å². The van der Waals surface area contributed by atoms with Crippen molar-refractivity contribution in [2.75, 3.05) is 0 Å². The summed E-state index contributed by atoms with van der Waals surface area (Å²) < 4.78 is 8.46. The maximum absolute atomic E-state index is 6.28. The molecular formula is C39H25IrN5O-2. The third kappa shape index (κ3) is 5.26. The van der Waals surface area contributed by atoms with E-state index in [2.05, 4.69) is 55.9 Å². The summed E-state index contributed by atoms with van der Waals surface area (Å²) in [6.45, 7) is 1.96. The van der Waals surface area contributed by atoms with Crippen LogP contribution < -0.4 is 0 Å². The summed E-state index contributed by atoms with van der Waals surface area (Å²) in [5, 5.41) is 3.04. The van der Waals surface area contributed by atoms with Crippen LogP contribution in [0, 0.1) is 19.1 Å². The van der Waals surface area contributed by atoms with Crippen LogP contribution >= 0.6 is 0 Å². The Morgan fingerprint density at radius 1 is 0.652 bits per heavy atom. The van der Waals surface area contributed by atoms with Crippen molar-refractivity contribution in [1.29, 1.82) is 0 Å². The van der Waals surface area contributed by atoms with Crippen molar-refractivity contribution >= 4 is 44.0 Å². The number of benzene rings is 4. The van der Waals surface area contributed by atoms with Crippen LogP contribution in [-0.2, 0) is 20.1 Å². The Balaban J connectivity index is 0.000000220. The van der Waals surface area contributed by atoms with E-state index in [1.807, 2.05) is 110 Å². The van der Waals surface area contributed by atoms with Crippen molar-refractivity contribution in [3.05, 3.63) is 152 Å². The fraction of sp³-hybridized carbons (Fsp3) is 0.0256. The van der Waals surface area contributed by atoms with Gasteiger partial charge in [0.15, 0.2) is 0 Å². The molecule has 0 bridgehead atoms. The number of hydrogen-bond donors (Lipinski definition) is 0. The Morgan fingerprint density at radius 3 is 2.30 bits per heavy atom. The summed E-state index contributed by atoms with van der Waals surface area (Å²) >= 11 is 0. The van der Waals surface area contributed by atoms with E-state index in [1.165, 1.54) is 0 Å². The minimum atomic E-state index is 0. The second-order valence-corrected chi connectivity index (χ2v) is 10.6. The van der Waals surface area contributed by atoms with E-state index < -0.39 is 0 Å². The molecule has 6 nitrogen and oxygen atoms in total. The number of imidazole rings is 1. The molecule has 7 heteroatoms. The average Bonchev–Trinajstić information content (AvgIpc) is 3.68. The van der Waals surface area contributed by atoms with Crippen molar-refractivity contribution in [2.24, 2.45) is 0 Å². The zero-order chi connectivity index (χ0) is 30.2. The summed E-state index contributed by atoms with van der Waals surface area (Å²) in [6, 6.07) is 46.6. The summed E-state index contributed by atoms with van der Waals surface area (Å²) in [5.41, 5.74) is 8.86. The predicted octanol–water partition coefficient (Wildman–Crippen LogP) is 9.19. The van der Waals surface area contributed by atoms with Crippen molar-refractivity contribution in [3.8, 4) is 28.3 Å². The monoisotopic (exact) mass is 772 g/mol. The van der Waals surface area contributed by atoms with E-state index >= 15 is 0 Å². The van der Waals surface area contributed by atoms with Crippen LogP contribution in [0.1, 0.15) is 5.69 Å². The molecule has 0 spiro atoms. The normalized spacial score (nSPS) is 11.0. The van der Waals surface area contributed by atoms with E-state index in [0.717, 1.165) is 72.3 Å². The molecule has 0 N–H and O–H groups in total. The van der Waals surface area contributed by atoms with Gasteiger partial charge in [0, 0.05) is 48.5 Å². The van der Waals surface area contributed by atoms with E-state index in [9.17, 15) is 0 Å². The first-order valence-electron chi connectivity index (χ1n) is 14.7. The van der Waals surface area contributed by atoms with Gasteiger partial charge < -0.3 is 14.0 Å². The number of para-hydroxylation sites is 2. The molecule has 46 heavy (non-hydrogen) atoms. The maximum atomic E-state index is 6.28. The minimum absolute atomic E-state index is 0. The van der Waals surface area contributed by atoms with E-state index in [1.54, 1.807) is 6.20 Å². The molecule has 0 aliphatic carbocycles. The number of fused-ring (bicyclic) bond motifs is 6. The Labute approximate surface area is 278 Å². The predicted molar refractivity (Wildman–Crippen MR) is 179 cm³/mol. The molecular weight excluding hydrogens is 747 g/mol. The standard InChI is InChI=1S/C28H17N4O.C11H8N.Ir/c1-17-14-15-20-19-11-7-12-22(26(19)33-28(20)30-17)27-31-24-16-29-23-13-6-5-10-21(23)25(24)32(27)18-8-3-2-4-9-18;1-2-6-10(7-3-1)11-8-4-5-9-12-11;/h2-11,13-16H,1H3;1-6,8-9H;/q2*-1;. The first kappa shape index (κ1) is 29.2.